The van der Waals surface area contributed by atoms with Gasteiger partial charge in [-0.1, -0.05) is 24.3 Å². The third kappa shape index (κ3) is 4.57. The Morgan fingerprint density at radius 3 is 2.71 bits per heavy atom. The summed E-state index contributed by atoms with van der Waals surface area (Å²) in [6.45, 7) is 7.58. The quantitative estimate of drug-likeness (QED) is 0.792. The first-order valence-corrected chi connectivity index (χ1v) is 6.20. The van der Waals surface area contributed by atoms with Crippen molar-refractivity contribution in [3.63, 3.8) is 0 Å². The largest absolute Gasteiger partial charge is 0.356 e. The molecule has 1 aromatic rings. The molecule has 0 spiro atoms. The van der Waals surface area contributed by atoms with Crippen molar-refractivity contribution in [3.05, 3.63) is 35.4 Å². The van der Waals surface area contributed by atoms with Gasteiger partial charge in [-0.2, -0.15) is 0 Å². The van der Waals surface area contributed by atoms with Crippen LogP contribution in [0, 0.1) is 6.92 Å². The lowest BCUT2D eigenvalue weighted by Gasteiger charge is -2.16. The summed E-state index contributed by atoms with van der Waals surface area (Å²) in [5.41, 5.74) is 2.58. The zero-order valence-electron chi connectivity index (χ0n) is 10.9. The number of amides is 1. The molecule has 3 heteroatoms. The van der Waals surface area contributed by atoms with Crippen molar-refractivity contribution < 1.29 is 4.79 Å². The summed E-state index contributed by atoms with van der Waals surface area (Å²) in [4.78, 5) is 11.3. The van der Waals surface area contributed by atoms with Crippen LogP contribution in [0.15, 0.2) is 24.3 Å². The number of carbonyl (C=O) groups excluding carboxylic acids is 1. The second kappa shape index (κ2) is 7.07. The van der Waals surface area contributed by atoms with Crippen LogP contribution in [0.3, 0.4) is 0 Å². The van der Waals surface area contributed by atoms with Crippen molar-refractivity contribution >= 4 is 5.91 Å². The molecule has 1 amide bonds. The van der Waals surface area contributed by atoms with Crippen molar-refractivity contribution in [1.82, 2.24) is 10.6 Å². The van der Waals surface area contributed by atoms with Gasteiger partial charge in [0.05, 0.1) is 0 Å². The predicted molar refractivity (Wildman–Crippen MR) is 70.9 cm³/mol. The molecule has 0 aliphatic carbocycles. The summed E-state index contributed by atoms with van der Waals surface area (Å²) in [5, 5.41) is 6.16. The Kier molecular flexibility index (Phi) is 5.70. The molecule has 0 radical (unpaired) electrons. The van der Waals surface area contributed by atoms with E-state index in [2.05, 4.69) is 36.6 Å². The molecule has 1 aromatic carbocycles. The van der Waals surface area contributed by atoms with E-state index in [1.807, 2.05) is 19.1 Å². The van der Waals surface area contributed by atoms with Crippen LogP contribution in [0.4, 0.5) is 0 Å². The molecule has 0 aliphatic heterocycles. The Morgan fingerprint density at radius 2 is 2.06 bits per heavy atom. The number of hydrogen-bond donors (Lipinski definition) is 2. The lowest BCUT2D eigenvalue weighted by Crippen LogP contribution is -2.28. The fourth-order valence-electron chi connectivity index (χ4n) is 1.87. The van der Waals surface area contributed by atoms with Crippen LogP contribution in [-0.4, -0.2) is 19.0 Å². The van der Waals surface area contributed by atoms with Gasteiger partial charge in [0.2, 0.25) is 5.91 Å². The first kappa shape index (κ1) is 13.7. The third-order valence-electron chi connectivity index (χ3n) is 2.83. The van der Waals surface area contributed by atoms with Gasteiger partial charge in [-0.25, -0.2) is 0 Å². The van der Waals surface area contributed by atoms with E-state index < -0.39 is 0 Å². The SMILES string of the molecule is CCNC(=O)CCNC(C)c1ccccc1C. The molecule has 0 aliphatic rings. The lowest BCUT2D eigenvalue weighted by molar-refractivity contribution is -0.120. The highest BCUT2D eigenvalue weighted by Crippen LogP contribution is 2.16. The second-order valence-corrected chi connectivity index (χ2v) is 4.24. The number of nitrogens with one attached hydrogen (secondary N) is 2. The second-order valence-electron chi connectivity index (χ2n) is 4.24. The van der Waals surface area contributed by atoms with Crippen molar-refractivity contribution in [1.29, 1.82) is 0 Å². The Labute approximate surface area is 104 Å². The van der Waals surface area contributed by atoms with Gasteiger partial charge in [-0.05, 0) is 31.9 Å². The van der Waals surface area contributed by atoms with E-state index in [1.165, 1.54) is 11.1 Å². The molecule has 0 heterocycles. The molecule has 0 saturated heterocycles. The fourth-order valence-corrected chi connectivity index (χ4v) is 1.87. The zero-order valence-corrected chi connectivity index (χ0v) is 10.9. The topological polar surface area (TPSA) is 41.1 Å². The number of carbonyl (C=O) groups is 1. The van der Waals surface area contributed by atoms with E-state index in [1.54, 1.807) is 0 Å². The molecular weight excluding hydrogens is 212 g/mol. The van der Waals surface area contributed by atoms with Gasteiger partial charge in [0, 0.05) is 25.6 Å². The molecule has 0 aromatic heterocycles. The number of benzene rings is 1. The van der Waals surface area contributed by atoms with Gasteiger partial charge in [-0.3, -0.25) is 4.79 Å². The molecule has 1 atom stereocenters. The molecule has 1 unspecified atom stereocenters. The Balaban J connectivity index is 2.38. The molecule has 1 rings (SSSR count). The van der Waals surface area contributed by atoms with Crippen molar-refractivity contribution in [2.75, 3.05) is 13.1 Å². The zero-order chi connectivity index (χ0) is 12.7. The number of rotatable bonds is 6. The lowest BCUT2D eigenvalue weighted by atomic mass is 10.0. The average molecular weight is 234 g/mol. The molecule has 94 valence electrons. The molecule has 2 N–H and O–H groups in total. The van der Waals surface area contributed by atoms with Crippen molar-refractivity contribution in [3.8, 4) is 0 Å². The minimum Gasteiger partial charge on any atom is -0.356 e. The molecule has 0 fully saturated rings. The molecule has 3 nitrogen and oxygen atoms in total. The minimum atomic E-state index is 0.108. The van der Waals surface area contributed by atoms with Crippen LogP contribution in [0.25, 0.3) is 0 Å². The average Bonchev–Trinajstić information content (AvgIpc) is 2.29. The van der Waals surface area contributed by atoms with E-state index in [0.717, 1.165) is 0 Å². The van der Waals surface area contributed by atoms with Gasteiger partial charge >= 0.3 is 0 Å². The van der Waals surface area contributed by atoms with Crippen LogP contribution < -0.4 is 10.6 Å². The highest BCUT2D eigenvalue weighted by Gasteiger charge is 2.07. The summed E-state index contributed by atoms with van der Waals surface area (Å²) >= 11 is 0. The van der Waals surface area contributed by atoms with Gasteiger partial charge in [-0.15, -0.1) is 0 Å². The van der Waals surface area contributed by atoms with Crippen LogP contribution in [-0.2, 0) is 4.79 Å². The Morgan fingerprint density at radius 1 is 1.35 bits per heavy atom. The monoisotopic (exact) mass is 234 g/mol. The summed E-state index contributed by atoms with van der Waals surface area (Å²) in [5.74, 6) is 0.108. The maximum absolute atomic E-state index is 11.3. The van der Waals surface area contributed by atoms with Crippen LogP contribution in [0.2, 0.25) is 0 Å². The summed E-state index contributed by atoms with van der Waals surface area (Å²) in [6, 6.07) is 8.60. The molecule has 0 bridgehead atoms. The minimum absolute atomic E-state index is 0.108. The first-order valence-electron chi connectivity index (χ1n) is 6.20. The van der Waals surface area contributed by atoms with E-state index in [0.29, 0.717) is 19.5 Å². The van der Waals surface area contributed by atoms with Crippen LogP contribution in [0.1, 0.15) is 37.4 Å². The number of hydrogen-bond acceptors (Lipinski definition) is 2. The van der Waals surface area contributed by atoms with Crippen LogP contribution >= 0.6 is 0 Å². The third-order valence-corrected chi connectivity index (χ3v) is 2.83. The fraction of sp³-hybridized carbons (Fsp3) is 0.500. The van der Waals surface area contributed by atoms with Crippen molar-refractivity contribution in [2.45, 2.75) is 33.2 Å². The molecule has 0 saturated carbocycles. The summed E-state index contributed by atoms with van der Waals surface area (Å²) < 4.78 is 0. The first-order chi connectivity index (χ1) is 8.15. The normalized spacial score (nSPS) is 12.2. The van der Waals surface area contributed by atoms with Gasteiger partial charge in [0.1, 0.15) is 0 Å². The maximum atomic E-state index is 11.3. The molecule has 17 heavy (non-hydrogen) atoms. The summed E-state index contributed by atoms with van der Waals surface area (Å²) in [6.07, 6.45) is 0.532. The van der Waals surface area contributed by atoms with E-state index in [-0.39, 0.29) is 11.9 Å². The van der Waals surface area contributed by atoms with E-state index >= 15 is 0 Å². The highest BCUT2D eigenvalue weighted by atomic mass is 16.1. The standard InChI is InChI=1S/C14H22N2O/c1-4-15-14(17)9-10-16-12(3)13-8-6-5-7-11(13)2/h5-8,12,16H,4,9-10H2,1-3H3,(H,15,17). The van der Waals surface area contributed by atoms with Crippen molar-refractivity contribution in [2.24, 2.45) is 0 Å². The Bertz CT molecular complexity index is 363. The smallest absolute Gasteiger partial charge is 0.221 e. The van der Waals surface area contributed by atoms with E-state index in [9.17, 15) is 4.79 Å². The van der Waals surface area contributed by atoms with Gasteiger partial charge < -0.3 is 10.6 Å². The highest BCUT2D eigenvalue weighted by molar-refractivity contribution is 5.75. The van der Waals surface area contributed by atoms with Crippen LogP contribution in [0.5, 0.6) is 0 Å². The predicted octanol–water partition coefficient (Wildman–Crippen LogP) is 2.17. The van der Waals surface area contributed by atoms with E-state index in [4.69, 9.17) is 0 Å². The number of aryl methyl sites for hydroxylation is 1. The maximum Gasteiger partial charge on any atom is 0.221 e. The Hall–Kier alpha value is -1.35. The van der Waals surface area contributed by atoms with Gasteiger partial charge in [0.15, 0.2) is 0 Å². The van der Waals surface area contributed by atoms with Gasteiger partial charge in [0.25, 0.3) is 0 Å². The molecular formula is C14H22N2O. The summed E-state index contributed by atoms with van der Waals surface area (Å²) in [7, 11) is 0.